The Morgan fingerprint density at radius 1 is 1.05 bits per heavy atom. The summed E-state index contributed by atoms with van der Waals surface area (Å²) in [7, 11) is 1.74. The van der Waals surface area contributed by atoms with Crippen LogP contribution in [0.1, 0.15) is 54.4 Å². The van der Waals surface area contributed by atoms with Gasteiger partial charge in [0, 0.05) is 55.4 Å². The van der Waals surface area contributed by atoms with Crippen LogP contribution >= 0.6 is 0 Å². The van der Waals surface area contributed by atoms with Crippen molar-refractivity contribution in [2.75, 3.05) is 30.8 Å². The van der Waals surface area contributed by atoms with Crippen molar-refractivity contribution < 1.29 is 9.59 Å². The molecule has 2 aromatic carbocycles. The van der Waals surface area contributed by atoms with Crippen LogP contribution in [0.4, 0.5) is 17.5 Å². The molecule has 39 heavy (non-hydrogen) atoms. The van der Waals surface area contributed by atoms with Gasteiger partial charge in [-0.2, -0.15) is 4.98 Å². The second-order valence-corrected chi connectivity index (χ2v) is 10.2. The number of nitrogens with one attached hydrogen (secondary N) is 2. The Balaban J connectivity index is 1.46. The van der Waals surface area contributed by atoms with Gasteiger partial charge in [-0.25, -0.2) is 4.98 Å². The number of carbonyl (C=O) groups is 2. The molecular weight excluding hydrogens is 490 g/mol. The first-order chi connectivity index (χ1) is 19.0. The monoisotopic (exact) mass is 525 g/mol. The maximum absolute atomic E-state index is 12.9. The highest BCUT2D eigenvalue weighted by Gasteiger charge is 2.30. The smallest absolute Gasteiger partial charge is 0.253 e. The van der Waals surface area contributed by atoms with Gasteiger partial charge in [0.25, 0.3) is 5.91 Å². The lowest BCUT2D eigenvalue weighted by Gasteiger charge is -2.31. The summed E-state index contributed by atoms with van der Waals surface area (Å²) in [5.41, 5.74) is 9.85. The van der Waals surface area contributed by atoms with Crippen LogP contribution in [0.2, 0.25) is 0 Å². The number of anilines is 3. The number of rotatable bonds is 8. The highest BCUT2D eigenvalue weighted by molar-refractivity contribution is 5.95. The van der Waals surface area contributed by atoms with Gasteiger partial charge in [-0.1, -0.05) is 37.1 Å². The minimum absolute atomic E-state index is 0.0417. The van der Waals surface area contributed by atoms with Gasteiger partial charge < -0.3 is 21.3 Å². The molecule has 0 unspecified atom stereocenters. The molecule has 2 heterocycles. The molecule has 4 N–H and O–H groups in total. The molecule has 2 fully saturated rings. The van der Waals surface area contributed by atoms with E-state index in [-0.39, 0.29) is 23.8 Å². The fourth-order valence-corrected chi connectivity index (χ4v) is 5.48. The van der Waals surface area contributed by atoms with Crippen molar-refractivity contribution >= 4 is 35.5 Å². The average molecular weight is 526 g/mol. The Bertz CT molecular complexity index is 1370. The lowest BCUT2D eigenvalue weighted by Crippen LogP contribution is -2.40. The highest BCUT2D eigenvalue weighted by atomic mass is 16.2. The van der Waals surface area contributed by atoms with Gasteiger partial charge in [0.2, 0.25) is 11.9 Å². The Kier molecular flexibility index (Phi) is 8.15. The second-order valence-electron chi connectivity index (χ2n) is 10.2. The number of nitrogens with two attached hydrogens (primary N) is 1. The summed E-state index contributed by atoms with van der Waals surface area (Å²) in [5.74, 6) is 0.511. The highest BCUT2D eigenvalue weighted by Crippen LogP contribution is 2.32. The molecule has 2 amide bonds. The van der Waals surface area contributed by atoms with Crippen LogP contribution in [0.15, 0.2) is 59.7 Å². The summed E-state index contributed by atoms with van der Waals surface area (Å²) in [5, 5.41) is 6.80. The molecule has 1 aliphatic carbocycles. The number of hydrogen-bond donors (Lipinski definition) is 3. The predicted molar refractivity (Wildman–Crippen MR) is 154 cm³/mol. The molecule has 9 nitrogen and oxygen atoms in total. The van der Waals surface area contributed by atoms with E-state index in [1.165, 1.54) is 0 Å². The summed E-state index contributed by atoms with van der Waals surface area (Å²) in [6.45, 7) is 1.60. The van der Waals surface area contributed by atoms with Gasteiger partial charge in [0.05, 0.1) is 5.92 Å². The van der Waals surface area contributed by atoms with Crippen LogP contribution < -0.4 is 16.4 Å². The van der Waals surface area contributed by atoms with Gasteiger partial charge in [-0.15, -0.1) is 0 Å². The van der Waals surface area contributed by atoms with Crippen molar-refractivity contribution in [3.8, 4) is 11.1 Å². The van der Waals surface area contributed by atoms with Gasteiger partial charge >= 0.3 is 0 Å². The zero-order valence-electron chi connectivity index (χ0n) is 22.3. The van der Waals surface area contributed by atoms with E-state index >= 15 is 0 Å². The first-order valence-corrected chi connectivity index (χ1v) is 13.6. The van der Waals surface area contributed by atoms with Crippen molar-refractivity contribution in [1.82, 2.24) is 14.9 Å². The van der Waals surface area contributed by atoms with Crippen LogP contribution in [0, 0.1) is 5.92 Å². The number of nitrogens with zero attached hydrogens (tertiary/aromatic N) is 4. The van der Waals surface area contributed by atoms with Crippen molar-refractivity contribution in [2.24, 2.45) is 16.6 Å². The summed E-state index contributed by atoms with van der Waals surface area (Å²) >= 11 is 0. The number of aromatic nitrogens is 2. The van der Waals surface area contributed by atoms with Gasteiger partial charge in [0.15, 0.2) is 0 Å². The largest absolute Gasteiger partial charge is 0.369 e. The first-order valence-electron chi connectivity index (χ1n) is 13.6. The van der Waals surface area contributed by atoms with E-state index in [1.807, 2.05) is 53.4 Å². The molecule has 0 radical (unpaired) electrons. The number of benzene rings is 2. The molecule has 0 spiro atoms. The molecule has 9 heteroatoms. The van der Waals surface area contributed by atoms with E-state index in [4.69, 9.17) is 10.7 Å². The van der Waals surface area contributed by atoms with E-state index in [9.17, 15) is 9.59 Å². The Morgan fingerprint density at radius 2 is 1.85 bits per heavy atom. The van der Waals surface area contributed by atoms with Gasteiger partial charge in [0.1, 0.15) is 5.82 Å². The molecule has 1 saturated heterocycles. The van der Waals surface area contributed by atoms with E-state index in [0.29, 0.717) is 17.3 Å². The van der Waals surface area contributed by atoms with Crippen molar-refractivity contribution in [2.45, 2.75) is 44.6 Å². The molecule has 1 aromatic heterocycles. The van der Waals surface area contributed by atoms with E-state index < -0.39 is 0 Å². The van der Waals surface area contributed by atoms with Crippen molar-refractivity contribution in [1.29, 1.82) is 0 Å². The number of likely N-dealkylation sites (tertiary alicyclic amines) is 1. The molecule has 2 atom stereocenters. The minimum atomic E-state index is -0.290. The fraction of sp³-hybridized carbons (Fsp3) is 0.367. The summed E-state index contributed by atoms with van der Waals surface area (Å²) in [6, 6.07) is 15.3. The zero-order chi connectivity index (χ0) is 27.2. The van der Waals surface area contributed by atoms with E-state index in [1.54, 1.807) is 19.5 Å². The topological polar surface area (TPSA) is 126 Å². The normalized spacial score (nSPS) is 19.3. The standard InChI is InChI=1S/C30H35N7O2/c1-32-18-20-8-6-9-21(16-20)25-19-33-30(36-28(25)35-26-13-3-2-12-24(26)27(31)38)34-23-11-7-10-22(17-23)29(39)37-14-4-5-15-37/h6-11,16-19,24,26H,2-5,12-15H2,1H3,(H2,31,38)(H2,33,34,35,36)/b32-18+/t24-,26+/m0/s1. The summed E-state index contributed by atoms with van der Waals surface area (Å²) in [6.07, 6.45) is 9.28. The number of amides is 2. The molecule has 1 saturated carbocycles. The third-order valence-corrected chi connectivity index (χ3v) is 7.48. The quantitative estimate of drug-likeness (QED) is 0.368. The zero-order valence-corrected chi connectivity index (χ0v) is 22.3. The Hall–Kier alpha value is -4.27. The lowest BCUT2D eigenvalue weighted by molar-refractivity contribution is -0.122. The number of primary amides is 1. The third-order valence-electron chi connectivity index (χ3n) is 7.48. The lowest BCUT2D eigenvalue weighted by atomic mass is 9.84. The molecule has 5 rings (SSSR count). The predicted octanol–water partition coefficient (Wildman–Crippen LogP) is 4.63. The minimum Gasteiger partial charge on any atom is -0.369 e. The average Bonchev–Trinajstić information content (AvgIpc) is 3.49. The molecular formula is C30H35N7O2. The Morgan fingerprint density at radius 3 is 2.64 bits per heavy atom. The third kappa shape index (κ3) is 6.25. The van der Waals surface area contributed by atoms with Crippen LogP contribution in [0.5, 0.6) is 0 Å². The van der Waals surface area contributed by atoms with Gasteiger partial charge in [-0.05, 0) is 61.1 Å². The van der Waals surface area contributed by atoms with Crippen LogP contribution in [0.3, 0.4) is 0 Å². The number of carbonyl (C=O) groups excluding carboxylic acids is 2. The number of hydrogen-bond acceptors (Lipinski definition) is 7. The maximum Gasteiger partial charge on any atom is 0.253 e. The van der Waals surface area contributed by atoms with Crippen LogP contribution in [0.25, 0.3) is 11.1 Å². The van der Waals surface area contributed by atoms with Crippen molar-refractivity contribution in [3.63, 3.8) is 0 Å². The van der Waals surface area contributed by atoms with Crippen LogP contribution in [-0.2, 0) is 4.79 Å². The van der Waals surface area contributed by atoms with E-state index in [0.717, 1.165) is 74.0 Å². The molecule has 202 valence electrons. The molecule has 0 bridgehead atoms. The molecule has 1 aliphatic heterocycles. The summed E-state index contributed by atoms with van der Waals surface area (Å²) in [4.78, 5) is 40.6. The van der Waals surface area contributed by atoms with Crippen molar-refractivity contribution in [3.05, 3.63) is 65.9 Å². The Labute approximate surface area is 229 Å². The molecule has 2 aliphatic rings. The maximum atomic E-state index is 12.9. The molecule has 3 aromatic rings. The first kappa shape index (κ1) is 26.3. The summed E-state index contributed by atoms with van der Waals surface area (Å²) < 4.78 is 0. The second kappa shape index (κ2) is 12.1. The van der Waals surface area contributed by atoms with Gasteiger partial charge in [-0.3, -0.25) is 14.6 Å². The number of aliphatic imine (C=N–C) groups is 1. The van der Waals surface area contributed by atoms with Crippen LogP contribution in [-0.4, -0.2) is 59.1 Å². The van der Waals surface area contributed by atoms with E-state index in [2.05, 4.69) is 20.6 Å². The fourth-order valence-electron chi connectivity index (χ4n) is 5.48. The SMILES string of the molecule is C/N=C/c1cccc(-c2cnc(Nc3cccc(C(=O)N4CCCC4)c3)nc2N[C@@H]2CCCC[C@@H]2C(N)=O)c1.